The molecule has 1 aromatic rings. The molecule has 1 fully saturated rings. The van der Waals surface area contributed by atoms with Crippen molar-refractivity contribution in [1.82, 2.24) is 9.78 Å². The van der Waals surface area contributed by atoms with E-state index in [1.807, 2.05) is 13.1 Å². The predicted octanol–water partition coefficient (Wildman–Crippen LogP) is 2.54. The summed E-state index contributed by atoms with van der Waals surface area (Å²) in [4.78, 5) is 0. The van der Waals surface area contributed by atoms with E-state index in [9.17, 15) is 0 Å². The fourth-order valence-electron chi connectivity index (χ4n) is 2.02. The third-order valence-electron chi connectivity index (χ3n) is 2.93. The summed E-state index contributed by atoms with van der Waals surface area (Å²) < 4.78 is 2.16. The van der Waals surface area contributed by atoms with Crippen LogP contribution in [0.5, 0.6) is 0 Å². The van der Waals surface area contributed by atoms with Crippen molar-refractivity contribution < 1.29 is 0 Å². The zero-order chi connectivity index (χ0) is 11.2. The van der Waals surface area contributed by atoms with Gasteiger partial charge in [-0.1, -0.05) is 0 Å². The van der Waals surface area contributed by atoms with Gasteiger partial charge in [0.1, 0.15) is 0 Å². The lowest BCUT2D eigenvalue weighted by atomic mass is 10.0. The molecule has 0 radical (unpaired) electrons. The Morgan fingerprint density at radius 2 is 2.07 bits per heavy atom. The van der Waals surface area contributed by atoms with Crippen molar-refractivity contribution in [2.75, 3.05) is 0 Å². The van der Waals surface area contributed by atoms with Crippen LogP contribution in [0.2, 0.25) is 0 Å². The van der Waals surface area contributed by atoms with E-state index in [-0.39, 0.29) is 11.6 Å². The Hall–Kier alpha value is -0.830. The molecule has 1 aromatic heterocycles. The van der Waals surface area contributed by atoms with Crippen molar-refractivity contribution in [3.63, 3.8) is 0 Å². The first-order chi connectivity index (χ1) is 6.91. The van der Waals surface area contributed by atoms with Crippen LogP contribution < -0.4 is 5.73 Å². The van der Waals surface area contributed by atoms with Crippen molar-refractivity contribution in [3.8, 4) is 0 Å². The second kappa shape index (κ2) is 3.34. The summed E-state index contributed by atoms with van der Waals surface area (Å²) in [5, 5.41) is 4.51. The highest BCUT2D eigenvalue weighted by molar-refractivity contribution is 5.29. The summed E-state index contributed by atoms with van der Waals surface area (Å²) >= 11 is 0. The van der Waals surface area contributed by atoms with E-state index < -0.39 is 0 Å². The Morgan fingerprint density at radius 3 is 2.47 bits per heavy atom. The van der Waals surface area contributed by atoms with Gasteiger partial charge >= 0.3 is 0 Å². The lowest BCUT2D eigenvalue weighted by molar-refractivity contribution is 0.342. The van der Waals surface area contributed by atoms with Gasteiger partial charge in [-0.05, 0) is 40.5 Å². The summed E-state index contributed by atoms with van der Waals surface area (Å²) in [6, 6.07) is 0.0942. The summed E-state index contributed by atoms with van der Waals surface area (Å²) in [5.41, 5.74) is 8.65. The molecular formula is C12H21N3. The highest BCUT2D eigenvalue weighted by Gasteiger charge is 2.33. The summed E-state index contributed by atoms with van der Waals surface area (Å²) in [7, 11) is 0. The monoisotopic (exact) mass is 207 g/mol. The number of rotatable bonds is 2. The Bertz CT molecular complexity index is 353. The van der Waals surface area contributed by atoms with Crippen molar-refractivity contribution in [1.29, 1.82) is 0 Å². The van der Waals surface area contributed by atoms with Crippen LogP contribution in [-0.4, -0.2) is 9.78 Å². The molecule has 1 aliphatic carbocycles. The van der Waals surface area contributed by atoms with Crippen LogP contribution in [0.1, 0.15) is 63.8 Å². The van der Waals surface area contributed by atoms with Crippen LogP contribution in [0, 0.1) is 0 Å². The molecule has 0 spiro atoms. The van der Waals surface area contributed by atoms with Gasteiger partial charge in [0.25, 0.3) is 0 Å². The predicted molar refractivity (Wildman–Crippen MR) is 61.8 cm³/mol. The zero-order valence-corrected chi connectivity index (χ0v) is 10.1. The molecule has 1 saturated carbocycles. The van der Waals surface area contributed by atoms with E-state index in [1.165, 1.54) is 24.1 Å². The van der Waals surface area contributed by atoms with E-state index >= 15 is 0 Å². The topological polar surface area (TPSA) is 43.8 Å². The van der Waals surface area contributed by atoms with Crippen molar-refractivity contribution >= 4 is 0 Å². The van der Waals surface area contributed by atoms with Gasteiger partial charge in [-0.15, -0.1) is 0 Å². The molecule has 0 aromatic carbocycles. The molecule has 1 aliphatic rings. The summed E-state index contributed by atoms with van der Waals surface area (Å²) in [5.74, 6) is 0.702. The first-order valence-electron chi connectivity index (χ1n) is 5.75. The number of aromatic nitrogens is 2. The Kier molecular flexibility index (Phi) is 2.38. The van der Waals surface area contributed by atoms with Gasteiger partial charge < -0.3 is 5.73 Å². The van der Waals surface area contributed by atoms with Gasteiger partial charge in [0.15, 0.2) is 0 Å². The second-order valence-corrected chi connectivity index (χ2v) is 5.63. The number of nitrogens with two attached hydrogens (primary N) is 1. The van der Waals surface area contributed by atoms with Gasteiger partial charge in [-0.2, -0.15) is 5.10 Å². The maximum atomic E-state index is 5.98. The number of nitrogens with zero attached hydrogens (tertiary/aromatic N) is 2. The average molecular weight is 207 g/mol. The van der Waals surface area contributed by atoms with Crippen molar-refractivity contribution in [2.24, 2.45) is 5.73 Å². The van der Waals surface area contributed by atoms with Gasteiger partial charge in [0, 0.05) is 23.2 Å². The molecule has 84 valence electrons. The molecule has 1 unspecified atom stereocenters. The zero-order valence-electron chi connectivity index (χ0n) is 10.1. The minimum Gasteiger partial charge on any atom is -0.324 e. The standard InChI is InChI=1S/C12H21N3/c1-8(13)10-7-14-15(12(2,3)4)11(10)9-5-6-9/h7-9H,5-6,13H2,1-4H3. The van der Waals surface area contributed by atoms with Gasteiger partial charge in [-0.3, -0.25) is 4.68 Å². The molecule has 1 atom stereocenters. The maximum Gasteiger partial charge on any atom is 0.0546 e. The van der Waals surface area contributed by atoms with Crippen LogP contribution in [0.4, 0.5) is 0 Å². The fourth-order valence-corrected chi connectivity index (χ4v) is 2.02. The van der Waals surface area contributed by atoms with E-state index in [0.29, 0.717) is 5.92 Å². The molecule has 0 saturated heterocycles. The maximum absolute atomic E-state index is 5.98. The van der Waals surface area contributed by atoms with Crippen LogP contribution in [0.25, 0.3) is 0 Å². The molecule has 0 amide bonds. The molecule has 1 heterocycles. The Balaban J connectivity index is 2.47. The lowest BCUT2D eigenvalue weighted by Gasteiger charge is -2.23. The third-order valence-corrected chi connectivity index (χ3v) is 2.93. The van der Waals surface area contributed by atoms with Gasteiger partial charge in [0.2, 0.25) is 0 Å². The van der Waals surface area contributed by atoms with Gasteiger partial charge in [0.05, 0.1) is 11.7 Å². The molecule has 3 nitrogen and oxygen atoms in total. The van der Waals surface area contributed by atoms with E-state index in [2.05, 4.69) is 30.6 Å². The van der Waals surface area contributed by atoms with Crippen molar-refractivity contribution in [3.05, 3.63) is 17.5 Å². The molecular weight excluding hydrogens is 186 g/mol. The highest BCUT2D eigenvalue weighted by Crippen LogP contribution is 2.44. The van der Waals surface area contributed by atoms with Crippen LogP contribution in [0.3, 0.4) is 0 Å². The largest absolute Gasteiger partial charge is 0.324 e. The van der Waals surface area contributed by atoms with E-state index in [1.54, 1.807) is 0 Å². The number of hydrogen-bond acceptors (Lipinski definition) is 2. The minimum atomic E-state index is 0.0606. The summed E-state index contributed by atoms with van der Waals surface area (Å²) in [6.07, 6.45) is 4.53. The van der Waals surface area contributed by atoms with Crippen LogP contribution in [-0.2, 0) is 5.54 Å². The second-order valence-electron chi connectivity index (χ2n) is 5.63. The molecule has 0 bridgehead atoms. The normalized spacial score (nSPS) is 19.3. The highest BCUT2D eigenvalue weighted by atomic mass is 15.3. The fraction of sp³-hybridized carbons (Fsp3) is 0.750. The Morgan fingerprint density at radius 1 is 1.47 bits per heavy atom. The smallest absolute Gasteiger partial charge is 0.0546 e. The number of hydrogen-bond donors (Lipinski definition) is 1. The van der Waals surface area contributed by atoms with Crippen LogP contribution >= 0.6 is 0 Å². The lowest BCUT2D eigenvalue weighted by Crippen LogP contribution is -2.25. The summed E-state index contributed by atoms with van der Waals surface area (Å²) in [6.45, 7) is 8.61. The first kappa shape index (κ1) is 10.7. The SMILES string of the molecule is CC(N)c1cnn(C(C)(C)C)c1C1CC1. The van der Waals surface area contributed by atoms with Crippen LogP contribution in [0.15, 0.2) is 6.20 Å². The Labute approximate surface area is 91.7 Å². The van der Waals surface area contributed by atoms with Gasteiger partial charge in [-0.25, -0.2) is 0 Å². The van der Waals surface area contributed by atoms with E-state index in [4.69, 9.17) is 5.73 Å². The molecule has 15 heavy (non-hydrogen) atoms. The molecule has 2 rings (SSSR count). The van der Waals surface area contributed by atoms with E-state index in [0.717, 1.165) is 0 Å². The molecule has 0 aliphatic heterocycles. The first-order valence-corrected chi connectivity index (χ1v) is 5.75. The average Bonchev–Trinajstić information content (AvgIpc) is 2.81. The quantitative estimate of drug-likeness (QED) is 0.810. The minimum absolute atomic E-state index is 0.0606. The molecule has 3 heteroatoms. The molecule has 2 N–H and O–H groups in total. The third kappa shape index (κ3) is 1.93. The van der Waals surface area contributed by atoms with Crippen molar-refractivity contribution in [2.45, 2.75) is 58.0 Å².